The Hall–Kier alpha value is -2.56. The van der Waals surface area contributed by atoms with Crippen molar-refractivity contribution in [3.63, 3.8) is 0 Å². The molecule has 0 atom stereocenters. The van der Waals surface area contributed by atoms with E-state index in [4.69, 9.17) is 4.74 Å². The van der Waals surface area contributed by atoms with Crippen LogP contribution in [0.2, 0.25) is 0 Å². The van der Waals surface area contributed by atoms with Crippen molar-refractivity contribution in [1.29, 1.82) is 0 Å². The number of benzene rings is 1. The maximum atomic E-state index is 11.9. The summed E-state index contributed by atoms with van der Waals surface area (Å²) in [6.45, 7) is 1.37. The minimum absolute atomic E-state index is 0.141. The first-order valence-corrected chi connectivity index (χ1v) is 6.82. The Balaban J connectivity index is 1.67. The summed E-state index contributed by atoms with van der Waals surface area (Å²) in [6.07, 6.45) is 1.72. The summed E-state index contributed by atoms with van der Waals surface area (Å²) in [6, 6.07) is 15.0. The lowest BCUT2D eigenvalue weighted by atomic mass is 10.3. The zero-order valence-electron chi connectivity index (χ0n) is 12.0. The van der Waals surface area contributed by atoms with Crippen LogP contribution in [0.3, 0.4) is 0 Å². The van der Waals surface area contributed by atoms with E-state index in [0.717, 1.165) is 11.4 Å². The number of nitrogens with zero attached hydrogens (tertiary/aromatic N) is 2. The van der Waals surface area contributed by atoms with E-state index in [1.807, 2.05) is 48.5 Å². The lowest BCUT2D eigenvalue weighted by Gasteiger charge is -2.17. The van der Waals surface area contributed by atoms with Crippen molar-refractivity contribution in [1.82, 2.24) is 15.2 Å². The molecule has 1 heterocycles. The highest BCUT2D eigenvalue weighted by Crippen LogP contribution is 2.07. The Morgan fingerprint density at radius 1 is 1.19 bits per heavy atom. The van der Waals surface area contributed by atoms with E-state index in [1.54, 1.807) is 18.1 Å². The Morgan fingerprint density at radius 2 is 1.95 bits per heavy atom. The summed E-state index contributed by atoms with van der Waals surface area (Å²) >= 11 is 0. The molecule has 0 aliphatic carbocycles. The van der Waals surface area contributed by atoms with Crippen LogP contribution in [0.25, 0.3) is 0 Å². The lowest BCUT2D eigenvalue weighted by molar-refractivity contribution is 0.203. The molecule has 0 saturated carbocycles. The van der Waals surface area contributed by atoms with Gasteiger partial charge in [-0.25, -0.2) is 4.79 Å². The largest absolute Gasteiger partial charge is 0.492 e. The molecule has 0 aliphatic heterocycles. The quantitative estimate of drug-likeness (QED) is 0.829. The number of ether oxygens (including phenoxy) is 1. The lowest BCUT2D eigenvalue weighted by Crippen LogP contribution is -2.38. The molecular weight excluding hydrogens is 266 g/mol. The summed E-state index contributed by atoms with van der Waals surface area (Å²) < 4.78 is 5.51. The third-order valence-corrected chi connectivity index (χ3v) is 2.86. The fourth-order valence-electron chi connectivity index (χ4n) is 1.78. The number of nitrogens with one attached hydrogen (secondary N) is 1. The van der Waals surface area contributed by atoms with Gasteiger partial charge >= 0.3 is 6.03 Å². The van der Waals surface area contributed by atoms with Crippen molar-refractivity contribution in [2.24, 2.45) is 0 Å². The van der Waals surface area contributed by atoms with Gasteiger partial charge in [-0.2, -0.15) is 0 Å². The second kappa shape index (κ2) is 7.89. The number of para-hydroxylation sites is 1. The summed E-state index contributed by atoms with van der Waals surface area (Å²) in [5, 5.41) is 2.81. The molecule has 5 nitrogen and oxygen atoms in total. The predicted octanol–water partition coefficient (Wildman–Crippen LogP) is 2.30. The van der Waals surface area contributed by atoms with Gasteiger partial charge in [0.05, 0.1) is 18.8 Å². The van der Waals surface area contributed by atoms with Gasteiger partial charge in [0.15, 0.2) is 0 Å². The number of amides is 2. The van der Waals surface area contributed by atoms with Gasteiger partial charge in [0.1, 0.15) is 12.4 Å². The van der Waals surface area contributed by atoms with E-state index in [1.165, 1.54) is 0 Å². The second-order valence-corrected chi connectivity index (χ2v) is 4.57. The van der Waals surface area contributed by atoms with Crippen LogP contribution < -0.4 is 10.1 Å². The highest BCUT2D eigenvalue weighted by Gasteiger charge is 2.08. The summed E-state index contributed by atoms with van der Waals surface area (Å²) in [5.74, 6) is 0.800. The van der Waals surface area contributed by atoms with Gasteiger partial charge in [-0.05, 0) is 24.3 Å². The fraction of sp³-hybridized carbons (Fsp3) is 0.250. The molecule has 0 spiro atoms. The summed E-state index contributed by atoms with van der Waals surface area (Å²) in [5.41, 5.74) is 0.857. The topological polar surface area (TPSA) is 54.5 Å². The minimum atomic E-state index is -0.141. The summed E-state index contributed by atoms with van der Waals surface area (Å²) in [4.78, 5) is 17.7. The van der Waals surface area contributed by atoms with Crippen LogP contribution in [0.1, 0.15) is 5.69 Å². The average Bonchev–Trinajstić information content (AvgIpc) is 2.53. The van der Waals surface area contributed by atoms with E-state index in [2.05, 4.69) is 10.3 Å². The zero-order chi connectivity index (χ0) is 14.9. The molecule has 2 amide bonds. The highest BCUT2D eigenvalue weighted by atomic mass is 16.5. The molecule has 0 aliphatic rings. The van der Waals surface area contributed by atoms with Crippen molar-refractivity contribution in [3.8, 4) is 5.75 Å². The van der Waals surface area contributed by atoms with E-state index >= 15 is 0 Å². The van der Waals surface area contributed by atoms with Gasteiger partial charge < -0.3 is 15.0 Å². The van der Waals surface area contributed by atoms with Crippen molar-refractivity contribution in [2.75, 3.05) is 20.2 Å². The van der Waals surface area contributed by atoms with Gasteiger partial charge in [-0.3, -0.25) is 4.98 Å². The molecule has 5 heteroatoms. The Labute approximate surface area is 124 Å². The zero-order valence-corrected chi connectivity index (χ0v) is 12.0. The fourth-order valence-corrected chi connectivity index (χ4v) is 1.78. The normalized spacial score (nSPS) is 9.95. The van der Waals surface area contributed by atoms with Gasteiger partial charge in [0, 0.05) is 13.2 Å². The molecular formula is C16H19N3O2. The number of aromatic nitrogens is 1. The van der Waals surface area contributed by atoms with E-state index in [9.17, 15) is 4.79 Å². The second-order valence-electron chi connectivity index (χ2n) is 4.57. The monoisotopic (exact) mass is 285 g/mol. The van der Waals surface area contributed by atoms with Crippen molar-refractivity contribution < 1.29 is 9.53 Å². The maximum absolute atomic E-state index is 11.9. The van der Waals surface area contributed by atoms with Crippen LogP contribution in [-0.4, -0.2) is 36.1 Å². The average molecular weight is 285 g/mol. The predicted molar refractivity (Wildman–Crippen MR) is 81.0 cm³/mol. The number of carbonyl (C=O) groups is 1. The Morgan fingerprint density at radius 3 is 2.67 bits per heavy atom. The molecule has 0 unspecified atom stereocenters. The van der Waals surface area contributed by atoms with Gasteiger partial charge in [-0.15, -0.1) is 0 Å². The number of rotatable bonds is 6. The summed E-state index contributed by atoms with van der Waals surface area (Å²) in [7, 11) is 1.74. The number of pyridine rings is 1. The number of urea groups is 1. The van der Waals surface area contributed by atoms with Gasteiger partial charge in [0.2, 0.25) is 0 Å². The molecule has 2 aromatic rings. The van der Waals surface area contributed by atoms with Crippen LogP contribution in [0, 0.1) is 0 Å². The molecule has 1 N–H and O–H groups in total. The third-order valence-electron chi connectivity index (χ3n) is 2.86. The minimum Gasteiger partial charge on any atom is -0.492 e. The highest BCUT2D eigenvalue weighted by molar-refractivity contribution is 5.73. The van der Waals surface area contributed by atoms with Crippen LogP contribution >= 0.6 is 0 Å². The molecule has 0 bridgehead atoms. The van der Waals surface area contributed by atoms with Crippen molar-refractivity contribution >= 4 is 6.03 Å². The molecule has 110 valence electrons. The third kappa shape index (κ3) is 5.14. The molecule has 0 radical (unpaired) electrons. The van der Waals surface area contributed by atoms with Crippen LogP contribution in [0.15, 0.2) is 54.7 Å². The number of carbonyl (C=O) groups excluding carboxylic acids is 1. The Bertz CT molecular complexity index is 546. The SMILES string of the molecule is CN(Cc1ccccn1)C(=O)NCCOc1ccccc1. The molecule has 1 aromatic carbocycles. The standard InChI is InChI=1S/C16H19N3O2/c1-19(13-14-7-5-6-10-17-14)16(20)18-11-12-21-15-8-3-2-4-9-15/h2-10H,11-13H2,1H3,(H,18,20). The number of hydrogen-bond acceptors (Lipinski definition) is 3. The molecule has 2 rings (SSSR count). The molecule has 1 aromatic heterocycles. The smallest absolute Gasteiger partial charge is 0.317 e. The number of hydrogen-bond donors (Lipinski definition) is 1. The van der Waals surface area contributed by atoms with Crippen LogP contribution in [-0.2, 0) is 6.54 Å². The first-order valence-electron chi connectivity index (χ1n) is 6.82. The maximum Gasteiger partial charge on any atom is 0.317 e. The van der Waals surface area contributed by atoms with Gasteiger partial charge in [-0.1, -0.05) is 24.3 Å². The van der Waals surface area contributed by atoms with Gasteiger partial charge in [0.25, 0.3) is 0 Å². The molecule has 0 fully saturated rings. The Kier molecular flexibility index (Phi) is 5.58. The molecule has 0 saturated heterocycles. The van der Waals surface area contributed by atoms with E-state index < -0.39 is 0 Å². The van der Waals surface area contributed by atoms with Crippen molar-refractivity contribution in [3.05, 3.63) is 60.4 Å². The first-order chi connectivity index (χ1) is 10.3. The molecule has 21 heavy (non-hydrogen) atoms. The van der Waals surface area contributed by atoms with Crippen LogP contribution in [0.4, 0.5) is 4.79 Å². The van der Waals surface area contributed by atoms with Crippen LogP contribution in [0.5, 0.6) is 5.75 Å². The van der Waals surface area contributed by atoms with E-state index in [-0.39, 0.29) is 6.03 Å². The first kappa shape index (κ1) is 14.8. The van der Waals surface area contributed by atoms with Crippen molar-refractivity contribution in [2.45, 2.75) is 6.54 Å². The van der Waals surface area contributed by atoms with E-state index in [0.29, 0.717) is 19.7 Å².